The second kappa shape index (κ2) is 10.3. The Kier molecular flexibility index (Phi) is 6.79. The van der Waals surface area contributed by atoms with Gasteiger partial charge in [-0.05, 0) is 48.2 Å². The van der Waals surface area contributed by atoms with Gasteiger partial charge in [0.15, 0.2) is 11.6 Å². The summed E-state index contributed by atoms with van der Waals surface area (Å²) < 4.78 is 1.43. The summed E-state index contributed by atoms with van der Waals surface area (Å²) >= 11 is 0. The summed E-state index contributed by atoms with van der Waals surface area (Å²) in [7, 11) is 0. The van der Waals surface area contributed by atoms with Crippen molar-refractivity contribution in [1.82, 2.24) is 14.8 Å². The van der Waals surface area contributed by atoms with Gasteiger partial charge in [-0.2, -0.15) is 15.0 Å². The molecule has 0 saturated carbocycles. The lowest BCUT2D eigenvalue weighted by molar-refractivity contribution is 0.102. The van der Waals surface area contributed by atoms with Crippen molar-refractivity contribution in [3.8, 4) is 17.6 Å². The van der Waals surface area contributed by atoms with Crippen LogP contribution in [-0.4, -0.2) is 25.8 Å². The largest absolute Gasteiger partial charge is 0.505 e. The number of nitrogens with one attached hydrogen (secondary N) is 1. The Hall–Kier alpha value is -5.36. The molecule has 0 aliphatic rings. The number of nitrogen functional groups attached to an aromatic ring is 2. The van der Waals surface area contributed by atoms with E-state index in [2.05, 4.69) is 15.4 Å². The highest BCUT2D eigenvalue weighted by Gasteiger charge is 2.16. The van der Waals surface area contributed by atoms with E-state index in [1.807, 2.05) is 61.5 Å². The van der Waals surface area contributed by atoms with E-state index in [9.17, 15) is 9.90 Å². The zero-order valence-corrected chi connectivity index (χ0v) is 19.4. The van der Waals surface area contributed by atoms with E-state index < -0.39 is 0 Å². The summed E-state index contributed by atoms with van der Waals surface area (Å²) in [4.78, 5) is 16.5. The summed E-state index contributed by atoms with van der Waals surface area (Å²) in [5, 5.41) is 27.2. The van der Waals surface area contributed by atoms with Gasteiger partial charge < -0.3 is 21.9 Å². The Bertz CT molecular complexity index is 1590. The van der Waals surface area contributed by atoms with Crippen molar-refractivity contribution < 1.29 is 9.90 Å². The molecule has 0 radical (unpaired) electrons. The van der Waals surface area contributed by atoms with Gasteiger partial charge in [-0.3, -0.25) is 4.79 Å². The van der Waals surface area contributed by atoms with Crippen LogP contribution in [0.2, 0.25) is 0 Å². The first-order valence-electron chi connectivity index (χ1n) is 10.9. The van der Waals surface area contributed by atoms with Crippen LogP contribution in [0.4, 0.5) is 17.2 Å². The van der Waals surface area contributed by atoms with Gasteiger partial charge in [0.1, 0.15) is 17.5 Å². The third-order valence-electron chi connectivity index (χ3n) is 5.37. The van der Waals surface area contributed by atoms with Crippen molar-refractivity contribution in [1.29, 1.82) is 5.26 Å². The lowest BCUT2D eigenvalue weighted by atomic mass is 10.0. The third-order valence-corrected chi connectivity index (χ3v) is 5.37. The summed E-state index contributed by atoms with van der Waals surface area (Å²) in [6.07, 6.45) is 3.06. The summed E-state index contributed by atoms with van der Waals surface area (Å²) in [5.41, 5.74) is 14.1. The number of benzene rings is 3. The van der Waals surface area contributed by atoms with Crippen molar-refractivity contribution in [3.63, 3.8) is 0 Å². The number of rotatable bonds is 3. The number of hydrogen-bond donors (Lipinski definition) is 4. The number of carbonyl (C=O) groups is 1. The van der Waals surface area contributed by atoms with Crippen LogP contribution >= 0.6 is 0 Å². The lowest BCUT2D eigenvalue weighted by Crippen LogP contribution is -2.13. The molecule has 0 fully saturated rings. The van der Waals surface area contributed by atoms with Gasteiger partial charge in [-0.15, -0.1) is 0 Å². The van der Waals surface area contributed by atoms with Crippen LogP contribution in [0, 0.1) is 18.3 Å². The van der Waals surface area contributed by atoms with Crippen LogP contribution < -0.4 is 16.8 Å². The van der Waals surface area contributed by atoms with Crippen LogP contribution in [0.1, 0.15) is 21.5 Å². The molecular weight excluding hydrogens is 454 g/mol. The number of phenolic OH excluding ortho intramolecular Hbond substituents is 1. The molecule has 2 heterocycles. The highest BCUT2D eigenvalue weighted by Crippen LogP contribution is 2.34. The molecule has 178 valence electrons. The van der Waals surface area contributed by atoms with Gasteiger partial charge >= 0.3 is 0 Å². The first-order valence-corrected chi connectivity index (χ1v) is 10.9. The highest BCUT2D eigenvalue weighted by molar-refractivity contribution is 6.11. The number of aryl methyl sites for hydroxylation is 1. The SMILES string of the molecule is Cc1cccc(NC(=O)c2cc3ccccc3c(N)c2O)c1.N#Cc1cnn(-c2ccccn2)c1N. The molecule has 0 unspecified atom stereocenters. The number of nitriles is 1. The number of carbonyl (C=O) groups excluding carboxylic acids is 1. The Morgan fingerprint density at radius 2 is 1.83 bits per heavy atom. The average molecular weight is 478 g/mol. The second-order valence-corrected chi connectivity index (χ2v) is 7.89. The molecule has 0 saturated heterocycles. The maximum Gasteiger partial charge on any atom is 0.259 e. The van der Waals surface area contributed by atoms with E-state index in [4.69, 9.17) is 16.7 Å². The zero-order valence-electron chi connectivity index (χ0n) is 19.4. The molecule has 5 rings (SSSR count). The molecule has 2 aromatic heterocycles. The standard InChI is InChI=1S/C18H16N2O2.C9H7N5/c1-11-5-4-7-13(9-11)20-18(22)15-10-12-6-2-3-8-14(12)16(19)17(15)21;10-5-7-6-13-14(9(7)11)8-3-1-2-4-12-8/h2-10,21H,19H2,1H3,(H,20,22);1-4,6H,11H2. The minimum Gasteiger partial charge on any atom is -0.505 e. The fourth-order valence-corrected chi connectivity index (χ4v) is 3.56. The fraction of sp³-hybridized carbons (Fsp3) is 0.0370. The van der Waals surface area contributed by atoms with Gasteiger partial charge in [0, 0.05) is 17.3 Å². The van der Waals surface area contributed by atoms with Crippen molar-refractivity contribution >= 4 is 33.9 Å². The monoisotopic (exact) mass is 477 g/mol. The lowest BCUT2D eigenvalue weighted by Gasteiger charge is -2.11. The molecule has 0 bridgehead atoms. The van der Waals surface area contributed by atoms with E-state index in [0.717, 1.165) is 16.3 Å². The molecule has 0 aliphatic heterocycles. The van der Waals surface area contributed by atoms with Gasteiger partial charge in [-0.25, -0.2) is 4.98 Å². The zero-order chi connectivity index (χ0) is 25.7. The molecule has 5 aromatic rings. The van der Waals surface area contributed by atoms with Crippen LogP contribution in [0.15, 0.2) is 85.2 Å². The van der Waals surface area contributed by atoms with Crippen LogP contribution in [0.3, 0.4) is 0 Å². The quantitative estimate of drug-likeness (QED) is 0.221. The summed E-state index contributed by atoms with van der Waals surface area (Å²) in [6.45, 7) is 1.95. The number of hydrogen-bond acceptors (Lipinski definition) is 7. The minimum absolute atomic E-state index is 0.165. The van der Waals surface area contributed by atoms with Gasteiger partial charge in [0.25, 0.3) is 5.91 Å². The number of amides is 1. The maximum absolute atomic E-state index is 12.4. The molecule has 6 N–H and O–H groups in total. The number of pyridine rings is 1. The topological polar surface area (TPSA) is 156 Å². The molecule has 9 heteroatoms. The maximum atomic E-state index is 12.4. The number of nitrogens with zero attached hydrogens (tertiary/aromatic N) is 4. The number of fused-ring (bicyclic) bond motifs is 1. The molecule has 3 aromatic carbocycles. The first-order chi connectivity index (χ1) is 17.4. The third kappa shape index (κ3) is 4.93. The predicted molar refractivity (Wildman–Crippen MR) is 140 cm³/mol. The number of anilines is 3. The van der Waals surface area contributed by atoms with Gasteiger partial charge in [0.2, 0.25) is 0 Å². The van der Waals surface area contributed by atoms with E-state index >= 15 is 0 Å². The normalized spacial score (nSPS) is 10.2. The number of phenols is 1. The molecule has 1 amide bonds. The van der Waals surface area contributed by atoms with Crippen LogP contribution in [0.25, 0.3) is 16.6 Å². The predicted octanol–water partition coefficient (Wildman–Crippen LogP) is 4.41. The van der Waals surface area contributed by atoms with E-state index in [1.54, 1.807) is 30.5 Å². The minimum atomic E-state index is -0.388. The first kappa shape index (κ1) is 23.8. The Labute approximate surface area is 207 Å². The molecule has 0 aliphatic carbocycles. The van der Waals surface area contributed by atoms with Crippen LogP contribution in [-0.2, 0) is 0 Å². The van der Waals surface area contributed by atoms with Gasteiger partial charge in [-0.1, -0.05) is 42.5 Å². The molecule has 36 heavy (non-hydrogen) atoms. The van der Waals surface area contributed by atoms with Crippen LogP contribution in [0.5, 0.6) is 5.75 Å². The average Bonchev–Trinajstić information content (AvgIpc) is 3.27. The van der Waals surface area contributed by atoms with Gasteiger partial charge in [0.05, 0.1) is 17.4 Å². The van der Waals surface area contributed by atoms with Crippen molar-refractivity contribution in [2.45, 2.75) is 6.92 Å². The van der Waals surface area contributed by atoms with Crippen molar-refractivity contribution in [2.24, 2.45) is 0 Å². The number of nitrogens with two attached hydrogens (primary N) is 2. The smallest absolute Gasteiger partial charge is 0.259 e. The Morgan fingerprint density at radius 1 is 1.06 bits per heavy atom. The Morgan fingerprint density at radius 3 is 2.53 bits per heavy atom. The molecule has 0 atom stereocenters. The highest BCUT2D eigenvalue weighted by atomic mass is 16.3. The number of aromatic hydroxyl groups is 1. The fourth-order valence-electron chi connectivity index (χ4n) is 3.56. The summed E-state index contributed by atoms with van der Waals surface area (Å²) in [5.74, 6) is 0.335. The summed E-state index contributed by atoms with van der Waals surface area (Å²) in [6, 6.07) is 23.8. The van der Waals surface area contributed by atoms with Crippen molar-refractivity contribution in [2.75, 3.05) is 16.8 Å². The van der Waals surface area contributed by atoms with E-state index in [1.165, 1.54) is 10.9 Å². The molecule has 0 spiro atoms. The van der Waals surface area contributed by atoms with E-state index in [0.29, 0.717) is 22.9 Å². The number of aromatic nitrogens is 3. The van der Waals surface area contributed by atoms with E-state index in [-0.39, 0.29) is 22.9 Å². The van der Waals surface area contributed by atoms with Crippen molar-refractivity contribution in [3.05, 3.63) is 102 Å². The molecular formula is C27H23N7O2. The molecule has 9 nitrogen and oxygen atoms in total. The second-order valence-electron chi connectivity index (χ2n) is 7.89. The Balaban J connectivity index is 0.000000187.